The van der Waals surface area contributed by atoms with E-state index in [4.69, 9.17) is 20.8 Å². The zero-order valence-corrected chi connectivity index (χ0v) is 15.0. The highest BCUT2D eigenvalue weighted by molar-refractivity contribution is 6.30. The fourth-order valence-electron chi connectivity index (χ4n) is 2.32. The van der Waals surface area contributed by atoms with Crippen LogP contribution in [0.25, 0.3) is 11.3 Å². The van der Waals surface area contributed by atoms with E-state index in [2.05, 4.69) is 5.32 Å². The molecule has 1 N–H and O–H groups in total. The Morgan fingerprint density at radius 2 is 1.86 bits per heavy atom. The summed E-state index contributed by atoms with van der Waals surface area (Å²) in [5.74, 6) is -1.10. The Hall–Kier alpha value is -3.65. The Labute approximate surface area is 163 Å². The van der Waals surface area contributed by atoms with Gasteiger partial charge in [-0.25, -0.2) is 4.79 Å². The molecule has 3 aromatic rings. The molecular weight excluding hydrogens is 388 g/mol. The van der Waals surface area contributed by atoms with E-state index >= 15 is 0 Å². The van der Waals surface area contributed by atoms with E-state index in [-0.39, 0.29) is 11.4 Å². The fraction of sp³-hybridized carbons (Fsp3) is 0.0526. The van der Waals surface area contributed by atoms with Crippen LogP contribution in [0.4, 0.5) is 11.4 Å². The smallest absolute Gasteiger partial charge is 0.374 e. The van der Waals surface area contributed by atoms with Crippen molar-refractivity contribution >= 4 is 34.9 Å². The van der Waals surface area contributed by atoms with Crippen molar-refractivity contribution < 1.29 is 23.7 Å². The second kappa shape index (κ2) is 8.36. The molecule has 1 aromatic heterocycles. The average Bonchev–Trinajstić information content (AvgIpc) is 3.16. The highest BCUT2D eigenvalue weighted by Crippen LogP contribution is 2.24. The van der Waals surface area contributed by atoms with Gasteiger partial charge in [-0.2, -0.15) is 0 Å². The van der Waals surface area contributed by atoms with E-state index in [0.717, 1.165) is 0 Å². The molecule has 0 fully saturated rings. The first kappa shape index (κ1) is 19.1. The van der Waals surface area contributed by atoms with E-state index in [1.807, 2.05) is 0 Å². The van der Waals surface area contributed by atoms with Gasteiger partial charge >= 0.3 is 5.97 Å². The third-order valence-electron chi connectivity index (χ3n) is 3.61. The van der Waals surface area contributed by atoms with E-state index in [1.165, 1.54) is 36.4 Å². The second-order valence-corrected chi connectivity index (χ2v) is 6.04. The van der Waals surface area contributed by atoms with Crippen molar-refractivity contribution in [1.82, 2.24) is 0 Å². The second-order valence-electron chi connectivity index (χ2n) is 5.60. The number of esters is 1. The minimum atomic E-state index is -0.811. The number of non-ortho nitro benzene ring substituents is 1. The minimum Gasteiger partial charge on any atom is -0.450 e. The summed E-state index contributed by atoms with van der Waals surface area (Å²) < 4.78 is 10.3. The molecule has 0 atom stereocenters. The van der Waals surface area contributed by atoms with E-state index in [1.54, 1.807) is 24.3 Å². The molecule has 8 nitrogen and oxygen atoms in total. The lowest BCUT2D eigenvalue weighted by atomic mass is 10.1. The predicted octanol–water partition coefficient (Wildman–Crippen LogP) is 4.30. The third kappa shape index (κ3) is 4.74. The fourth-order valence-corrected chi connectivity index (χ4v) is 2.51. The maximum absolute atomic E-state index is 12.0. The molecule has 0 aliphatic carbocycles. The highest BCUT2D eigenvalue weighted by Gasteiger charge is 2.16. The molecule has 0 saturated heterocycles. The van der Waals surface area contributed by atoms with Gasteiger partial charge in [0, 0.05) is 28.4 Å². The average molecular weight is 401 g/mol. The molecule has 3 rings (SSSR count). The Bertz CT molecular complexity index is 1030. The van der Waals surface area contributed by atoms with Crippen LogP contribution >= 0.6 is 11.6 Å². The summed E-state index contributed by atoms with van der Waals surface area (Å²) in [6.07, 6.45) is 0. The SMILES string of the molecule is O=C(COC(=O)c1ccc(-c2ccc([N+](=O)[O-])cc2)o1)Nc1cccc(Cl)c1. The van der Waals surface area contributed by atoms with Gasteiger partial charge in [-0.05, 0) is 42.5 Å². The predicted molar refractivity (Wildman–Crippen MR) is 101 cm³/mol. The molecule has 1 heterocycles. The number of carbonyl (C=O) groups is 2. The molecule has 28 heavy (non-hydrogen) atoms. The number of furan rings is 1. The van der Waals surface area contributed by atoms with Crippen molar-refractivity contribution in [2.75, 3.05) is 11.9 Å². The number of hydrogen-bond acceptors (Lipinski definition) is 6. The zero-order valence-electron chi connectivity index (χ0n) is 14.3. The number of benzene rings is 2. The van der Waals surface area contributed by atoms with Crippen LogP contribution in [0.5, 0.6) is 0 Å². The number of nitro benzene ring substituents is 1. The summed E-state index contributed by atoms with van der Waals surface area (Å²) in [6.45, 7) is -0.501. The van der Waals surface area contributed by atoms with Crippen LogP contribution in [0.1, 0.15) is 10.6 Å². The summed E-state index contributed by atoms with van der Waals surface area (Å²) in [6, 6.07) is 15.1. The minimum absolute atomic E-state index is 0.0549. The molecule has 1 amide bonds. The topological polar surface area (TPSA) is 112 Å². The normalized spacial score (nSPS) is 10.3. The lowest BCUT2D eigenvalue weighted by molar-refractivity contribution is -0.384. The molecule has 9 heteroatoms. The van der Waals surface area contributed by atoms with Gasteiger partial charge in [-0.1, -0.05) is 17.7 Å². The van der Waals surface area contributed by atoms with Gasteiger partial charge in [0.05, 0.1) is 4.92 Å². The van der Waals surface area contributed by atoms with Gasteiger partial charge in [0.25, 0.3) is 11.6 Å². The van der Waals surface area contributed by atoms with Gasteiger partial charge in [-0.15, -0.1) is 0 Å². The van der Waals surface area contributed by atoms with Crippen LogP contribution in [0, 0.1) is 10.1 Å². The van der Waals surface area contributed by atoms with Gasteiger partial charge < -0.3 is 14.5 Å². The van der Waals surface area contributed by atoms with Crippen molar-refractivity contribution in [2.45, 2.75) is 0 Å². The number of amides is 1. The molecule has 142 valence electrons. The molecule has 0 radical (unpaired) electrons. The Balaban J connectivity index is 1.58. The monoisotopic (exact) mass is 400 g/mol. The Morgan fingerprint density at radius 1 is 1.11 bits per heavy atom. The Morgan fingerprint density at radius 3 is 2.54 bits per heavy atom. The van der Waals surface area contributed by atoms with Crippen molar-refractivity contribution in [3.63, 3.8) is 0 Å². The number of nitrogens with zero attached hydrogens (tertiary/aromatic N) is 1. The summed E-state index contributed by atoms with van der Waals surface area (Å²) in [5, 5.41) is 13.7. The van der Waals surface area contributed by atoms with Crippen molar-refractivity contribution in [3.05, 3.63) is 81.6 Å². The van der Waals surface area contributed by atoms with Crippen molar-refractivity contribution in [1.29, 1.82) is 0 Å². The van der Waals surface area contributed by atoms with Crippen LogP contribution in [0.15, 0.2) is 65.1 Å². The van der Waals surface area contributed by atoms with Crippen LogP contribution < -0.4 is 5.32 Å². The van der Waals surface area contributed by atoms with Crippen LogP contribution in [-0.4, -0.2) is 23.4 Å². The van der Waals surface area contributed by atoms with Gasteiger partial charge in [0.2, 0.25) is 5.76 Å². The number of carbonyl (C=O) groups excluding carboxylic acids is 2. The highest BCUT2D eigenvalue weighted by atomic mass is 35.5. The quantitative estimate of drug-likeness (QED) is 0.375. The lowest BCUT2D eigenvalue weighted by Gasteiger charge is -2.06. The number of rotatable bonds is 6. The van der Waals surface area contributed by atoms with Crippen LogP contribution in [0.3, 0.4) is 0 Å². The number of halogens is 1. The zero-order chi connectivity index (χ0) is 20.1. The molecule has 0 spiro atoms. The van der Waals surface area contributed by atoms with E-state index in [0.29, 0.717) is 22.0 Å². The summed E-state index contributed by atoms with van der Waals surface area (Å²) in [4.78, 5) is 34.1. The first-order valence-corrected chi connectivity index (χ1v) is 8.37. The number of ether oxygens (including phenoxy) is 1. The van der Waals surface area contributed by atoms with Crippen molar-refractivity contribution in [2.24, 2.45) is 0 Å². The summed E-state index contributed by atoms with van der Waals surface area (Å²) >= 11 is 5.83. The molecule has 0 unspecified atom stereocenters. The lowest BCUT2D eigenvalue weighted by Crippen LogP contribution is -2.20. The third-order valence-corrected chi connectivity index (χ3v) is 3.85. The molecular formula is C19H13ClN2O6. The van der Waals surface area contributed by atoms with Gasteiger partial charge in [0.15, 0.2) is 6.61 Å². The summed E-state index contributed by atoms with van der Waals surface area (Å²) in [7, 11) is 0. The maximum Gasteiger partial charge on any atom is 0.374 e. The number of hydrogen-bond donors (Lipinski definition) is 1. The number of anilines is 1. The van der Waals surface area contributed by atoms with E-state index in [9.17, 15) is 19.7 Å². The standard InChI is InChI=1S/C19H13ClN2O6/c20-13-2-1-3-14(10-13)21-18(23)11-27-19(24)17-9-8-16(28-17)12-4-6-15(7-5-12)22(25)26/h1-10H,11H2,(H,21,23). The van der Waals surface area contributed by atoms with Crippen molar-refractivity contribution in [3.8, 4) is 11.3 Å². The van der Waals surface area contributed by atoms with Gasteiger partial charge in [-0.3, -0.25) is 14.9 Å². The molecule has 0 aliphatic heterocycles. The van der Waals surface area contributed by atoms with Crippen LogP contribution in [-0.2, 0) is 9.53 Å². The first-order chi connectivity index (χ1) is 13.4. The molecule has 2 aromatic carbocycles. The Kier molecular flexibility index (Phi) is 5.71. The van der Waals surface area contributed by atoms with E-state index < -0.39 is 23.4 Å². The summed E-state index contributed by atoms with van der Waals surface area (Å²) in [5.41, 5.74) is 0.982. The molecule has 0 bridgehead atoms. The molecule has 0 saturated carbocycles. The van der Waals surface area contributed by atoms with Crippen LogP contribution in [0.2, 0.25) is 5.02 Å². The largest absolute Gasteiger partial charge is 0.450 e. The number of nitro groups is 1. The number of nitrogens with one attached hydrogen (secondary N) is 1. The first-order valence-electron chi connectivity index (χ1n) is 7.99. The maximum atomic E-state index is 12.0. The van der Waals surface area contributed by atoms with Gasteiger partial charge in [0.1, 0.15) is 5.76 Å². The molecule has 0 aliphatic rings.